The van der Waals surface area contributed by atoms with Crippen LogP contribution in [0.3, 0.4) is 0 Å². The Labute approximate surface area is 141 Å². The maximum atomic E-state index is 12.7. The summed E-state index contributed by atoms with van der Waals surface area (Å²) in [5.41, 5.74) is 3.20. The Bertz CT molecular complexity index is 624. The van der Waals surface area contributed by atoms with Gasteiger partial charge in [-0.25, -0.2) is 0 Å². The molecular weight excluding hydrogens is 307 g/mol. The monoisotopic (exact) mass is 337 g/mol. The Morgan fingerprint density at radius 3 is 2.35 bits per heavy atom. The molecule has 0 bridgehead atoms. The number of benzene rings is 1. The van der Waals surface area contributed by atoms with E-state index in [4.69, 9.17) is 9.26 Å². The maximum absolute atomic E-state index is 12.7. The van der Waals surface area contributed by atoms with Gasteiger partial charge in [-0.15, -0.1) is 4.52 Å². The molecule has 1 unspecified atom stereocenters. The van der Waals surface area contributed by atoms with E-state index in [2.05, 4.69) is 60.6 Å². The molecule has 0 amide bonds. The van der Waals surface area contributed by atoms with E-state index >= 15 is 0 Å². The lowest BCUT2D eigenvalue weighted by Gasteiger charge is -2.33. The summed E-state index contributed by atoms with van der Waals surface area (Å²) in [5.74, 6) is 0. The van der Waals surface area contributed by atoms with E-state index in [9.17, 15) is 4.57 Å². The SMILES string of the molecule is COCC(C)(C)c1cc(C(C)(C)C)cc2c1[P+](=O)OCC2(C)C. The summed E-state index contributed by atoms with van der Waals surface area (Å²) in [6.07, 6.45) is 0. The van der Waals surface area contributed by atoms with Gasteiger partial charge in [-0.3, -0.25) is 0 Å². The zero-order valence-electron chi connectivity index (χ0n) is 15.7. The van der Waals surface area contributed by atoms with Gasteiger partial charge in [-0.05, 0) is 27.7 Å². The van der Waals surface area contributed by atoms with E-state index in [0.29, 0.717) is 13.2 Å². The van der Waals surface area contributed by atoms with E-state index in [1.807, 2.05) is 0 Å². The number of hydrogen-bond donors (Lipinski definition) is 0. The number of ether oxygens (including phenoxy) is 1. The predicted molar refractivity (Wildman–Crippen MR) is 96.3 cm³/mol. The molecule has 0 aromatic heterocycles. The van der Waals surface area contributed by atoms with E-state index in [1.54, 1.807) is 7.11 Å². The van der Waals surface area contributed by atoms with Crippen LogP contribution in [0.25, 0.3) is 0 Å². The molecule has 0 N–H and O–H groups in total. The van der Waals surface area contributed by atoms with Crippen molar-refractivity contribution < 1.29 is 13.8 Å². The van der Waals surface area contributed by atoms with Crippen molar-refractivity contribution in [3.05, 3.63) is 28.8 Å². The lowest BCUT2D eigenvalue weighted by molar-refractivity contribution is 0.146. The summed E-state index contributed by atoms with van der Waals surface area (Å²) < 4.78 is 23.7. The molecule has 0 spiro atoms. The van der Waals surface area contributed by atoms with E-state index < -0.39 is 8.03 Å². The van der Waals surface area contributed by atoms with Crippen LogP contribution in [0.5, 0.6) is 0 Å². The molecule has 1 atom stereocenters. The number of fused-ring (bicyclic) bond motifs is 1. The number of methoxy groups -OCH3 is 1. The molecule has 1 aromatic carbocycles. The van der Waals surface area contributed by atoms with Crippen LogP contribution in [0, 0.1) is 0 Å². The second-order valence-corrected chi connectivity index (χ2v) is 10.1. The molecule has 3 nitrogen and oxygen atoms in total. The second kappa shape index (κ2) is 5.95. The fourth-order valence-corrected chi connectivity index (χ4v) is 4.79. The van der Waals surface area contributed by atoms with Crippen LogP contribution in [0.2, 0.25) is 0 Å². The second-order valence-electron chi connectivity index (χ2n) is 8.90. The zero-order chi connectivity index (χ0) is 17.6. The van der Waals surface area contributed by atoms with Crippen molar-refractivity contribution in [2.75, 3.05) is 20.3 Å². The molecule has 0 fully saturated rings. The molecule has 1 aliphatic rings. The largest absolute Gasteiger partial charge is 0.549 e. The van der Waals surface area contributed by atoms with E-state index in [-0.39, 0.29) is 16.2 Å². The fraction of sp³-hybridized carbons (Fsp3) is 0.684. The van der Waals surface area contributed by atoms with Gasteiger partial charge in [-0.2, -0.15) is 0 Å². The summed E-state index contributed by atoms with van der Waals surface area (Å²) in [5, 5.41) is 0.881. The van der Waals surface area contributed by atoms with Gasteiger partial charge in [0.25, 0.3) is 0 Å². The van der Waals surface area contributed by atoms with Gasteiger partial charge in [-0.1, -0.05) is 48.5 Å². The first kappa shape index (κ1) is 18.6. The van der Waals surface area contributed by atoms with Gasteiger partial charge < -0.3 is 4.74 Å². The highest BCUT2D eigenvalue weighted by molar-refractivity contribution is 7.48. The fourth-order valence-electron chi connectivity index (χ4n) is 3.10. The van der Waals surface area contributed by atoms with Crippen LogP contribution in [-0.2, 0) is 30.1 Å². The van der Waals surface area contributed by atoms with Gasteiger partial charge >= 0.3 is 8.03 Å². The molecule has 1 aromatic rings. The predicted octanol–water partition coefficient (Wildman–Crippen LogP) is 4.58. The minimum Gasteiger partial charge on any atom is -0.384 e. The molecule has 0 radical (unpaired) electrons. The summed E-state index contributed by atoms with van der Waals surface area (Å²) in [6, 6.07) is 4.44. The molecule has 4 heteroatoms. The van der Waals surface area contributed by atoms with Crippen molar-refractivity contribution in [2.45, 2.75) is 64.7 Å². The summed E-state index contributed by atoms with van der Waals surface area (Å²) in [4.78, 5) is 0. The lowest BCUT2D eigenvalue weighted by atomic mass is 9.74. The maximum Gasteiger partial charge on any atom is 0.549 e. The summed E-state index contributed by atoms with van der Waals surface area (Å²) >= 11 is 0. The third-order valence-corrected chi connectivity index (χ3v) is 5.88. The first-order valence-electron chi connectivity index (χ1n) is 8.19. The van der Waals surface area contributed by atoms with Crippen LogP contribution >= 0.6 is 8.03 Å². The average Bonchev–Trinajstić information content (AvgIpc) is 2.41. The van der Waals surface area contributed by atoms with Crippen molar-refractivity contribution >= 4 is 13.3 Å². The van der Waals surface area contributed by atoms with Gasteiger partial charge in [0.1, 0.15) is 6.61 Å². The van der Waals surface area contributed by atoms with Crippen LogP contribution in [0.1, 0.15) is 65.2 Å². The molecular formula is C19H30O3P+. The third-order valence-electron chi connectivity index (χ3n) is 4.66. The minimum atomic E-state index is -1.82. The first-order chi connectivity index (χ1) is 10.4. The molecule has 0 saturated carbocycles. The van der Waals surface area contributed by atoms with Crippen molar-refractivity contribution in [1.29, 1.82) is 0 Å². The van der Waals surface area contributed by atoms with E-state index in [0.717, 1.165) is 16.4 Å². The van der Waals surface area contributed by atoms with Crippen molar-refractivity contribution in [3.63, 3.8) is 0 Å². The highest BCUT2D eigenvalue weighted by atomic mass is 31.1. The highest BCUT2D eigenvalue weighted by Gasteiger charge is 2.47. The molecule has 1 aliphatic heterocycles. The van der Waals surface area contributed by atoms with Gasteiger partial charge in [0.05, 0.1) is 6.61 Å². The smallest absolute Gasteiger partial charge is 0.384 e. The Morgan fingerprint density at radius 2 is 1.83 bits per heavy atom. The summed E-state index contributed by atoms with van der Waals surface area (Å²) in [6.45, 7) is 16.3. The van der Waals surface area contributed by atoms with Crippen LogP contribution in [0.15, 0.2) is 12.1 Å². The Hall–Kier alpha value is -0.760. The van der Waals surface area contributed by atoms with Crippen LogP contribution in [0.4, 0.5) is 0 Å². The number of rotatable bonds is 3. The third kappa shape index (κ3) is 3.52. The van der Waals surface area contributed by atoms with Crippen molar-refractivity contribution in [3.8, 4) is 0 Å². The van der Waals surface area contributed by atoms with Gasteiger partial charge in [0.2, 0.25) is 5.30 Å². The average molecular weight is 337 g/mol. The van der Waals surface area contributed by atoms with Gasteiger partial charge in [0.15, 0.2) is 0 Å². The molecule has 23 heavy (non-hydrogen) atoms. The standard InChI is InChI=1S/C19H30O3P/c1-17(2,3)13-9-14(18(4,5)11-21-8)16-15(10-13)19(6,7)12-22-23(16)20/h9-10H,11-12H2,1-8H3/q+1. The lowest BCUT2D eigenvalue weighted by Crippen LogP contribution is -2.39. The topological polar surface area (TPSA) is 35.5 Å². The quantitative estimate of drug-likeness (QED) is 0.757. The molecule has 2 rings (SSSR count). The molecule has 1 heterocycles. The normalized spacial score (nSPS) is 19.6. The number of hydrogen-bond acceptors (Lipinski definition) is 3. The van der Waals surface area contributed by atoms with E-state index in [1.165, 1.54) is 5.56 Å². The van der Waals surface area contributed by atoms with Crippen LogP contribution < -0.4 is 5.30 Å². The van der Waals surface area contributed by atoms with Gasteiger partial charge in [0, 0.05) is 29.1 Å². The molecule has 0 saturated heterocycles. The Balaban J connectivity index is 2.82. The van der Waals surface area contributed by atoms with Crippen LogP contribution in [-0.4, -0.2) is 20.3 Å². The zero-order valence-corrected chi connectivity index (χ0v) is 16.6. The summed E-state index contributed by atoms with van der Waals surface area (Å²) in [7, 11) is -0.105. The Kier molecular flexibility index (Phi) is 4.81. The Morgan fingerprint density at radius 1 is 1.22 bits per heavy atom. The minimum absolute atomic E-state index is 0.0347. The molecule has 0 aliphatic carbocycles. The first-order valence-corrected chi connectivity index (χ1v) is 9.36. The van der Waals surface area contributed by atoms with Crippen molar-refractivity contribution in [2.24, 2.45) is 0 Å². The molecule has 128 valence electrons. The highest BCUT2D eigenvalue weighted by Crippen LogP contribution is 2.43. The van der Waals surface area contributed by atoms with Crippen molar-refractivity contribution in [1.82, 2.24) is 0 Å².